The standard InChI is InChI=1S/C35H23N5/c1-23-16-19-31-29(20-23)27-14-8-9-15-30(27)40(31)32-21-24(22-36)17-18-28(32)35-38-33(25-10-4-2-5-11-25)37-34(39-35)26-12-6-3-7-13-26/h2-21H,1H3. The van der Waals surface area contributed by atoms with Crippen LogP contribution in [0.2, 0.25) is 0 Å². The van der Waals surface area contributed by atoms with Gasteiger partial charge >= 0.3 is 0 Å². The molecule has 0 saturated carbocycles. The summed E-state index contributed by atoms with van der Waals surface area (Å²) in [5.74, 6) is 1.74. The van der Waals surface area contributed by atoms with Crippen LogP contribution in [0.4, 0.5) is 0 Å². The van der Waals surface area contributed by atoms with Crippen LogP contribution in [0.1, 0.15) is 11.1 Å². The number of nitriles is 1. The Morgan fingerprint density at radius 3 is 1.85 bits per heavy atom. The summed E-state index contributed by atoms with van der Waals surface area (Å²) in [6.07, 6.45) is 0. The van der Waals surface area contributed by atoms with E-state index in [1.807, 2.05) is 84.9 Å². The average Bonchev–Trinajstić information content (AvgIpc) is 3.34. The molecule has 188 valence electrons. The fraction of sp³-hybridized carbons (Fsp3) is 0.0286. The highest BCUT2D eigenvalue weighted by atomic mass is 15.1. The number of hydrogen-bond donors (Lipinski definition) is 0. The lowest BCUT2D eigenvalue weighted by molar-refractivity contribution is 1.06. The van der Waals surface area contributed by atoms with E-state index in [4.69, 9.17) is 15.0 Å². The van der Waals surface area contributed by atoms with Crippen molar-refractivity contribution in [2.75, 3.05) is 0 Å². The summed E-state index contributed by atoms with van der Waals surface area (Å²) in [7, 11) is 0. The van der Waals surface area contributed by atoms with Gasteiger partial charge in [-0.15, -0.1) is 0 Å². The number of aryl methyl sites for hydroxylation is 1. The van der Waals surface area contributed by atoms with E-state index in [-0.39, 0.29) is 0 Å². The predicted molar refractivity (Wildman–Crippen MR) is 160 cm³/mol. The molecule has 0 radical (unpaired) electrons. The van der Waals surface area contributed by atoms with Crippen molar-refractivity contribution in [1.82, 2.24) is 19.5 Å². The zero-order valence-corrected chi connectivity index (χ0v) is 21.8. The third-order valence-corrected chi connectivity index (χ3v) is 7.14. The van der Waals surface area contributed by atoms with Gasteiger partial charge in [0, 0.05) is 27.5 Å². The molecule has 0 N–H and O–H groups in total. The topological polar surface area (TPSA) is 67.4 Å². The van der Waals surface area contributed by atoms with Crippen molar-refractivity contribution in [3.8, 4) is 45.9 Å². The van der Waals surface area contributed by atoms with Gasteiger partial charge in [-0.25, -0.2) is 15.0 Å². The van der Waals surface area contributed by atoms with E-state index in [2.05, 4.69) is 54.0 Å². The molecular weight excluding hydrogens is 490 g/mol. The molecule has 0 spiro atoms. The van der Waals surface area contributed by atoms with Gasteiger partial charge in [-0.3, -0.25) is 0 Å². The average molecular weight is 514 g/mol. The third kappa shape index (κ3) is 4.00. The first kappa shape index (κ1) is 23.5. The van der Waals surface area contributed by atoms with Gasteiger partial charge < -0.3 is 4.57 Å². The minimum absolute atomic E-state index is 0.547. The van der Waals surface area contributed by atoms with Gasteiger partial charge in [-0.1, -0.05) is 90.5 Å². The molecular formula is C35H23N5. The molecule has 2 aromatic heterocycles. The Bertz CT molecular complexity index is 2010. The highest BCUT2D eigenvalue weighted by Gasteiger charge is 2.19. The van der Waals surface area contributed by atoms with Gasteiger partial charge in [0.05, 0.1) is 28.4 Å². The van der Waals surface area contributed by atoms with Crippen LogP contribution in [-0.4, -0.2) is 19.5 Å². The third-order valence-electron chi connectivity index (χ3n) is 7.14. The quantitative estimate of drug-likeness (QED) is 0.238. The Kier molecular flexibility index (Phi) is 5.65. The molecule has 40 heavy (non-hydrogen) atoms. The molecule has 0 unspecified atom stereocenters. The summed E-state index contributed by atoms with van der Waals surface area (Å²) >= 11 is 0. The van der Waals surface area contributed by atoms with Crippen molar-refractivity contribution in [1.29, 1.82) is 5.26 Å². The lowest BCUT2D eigenvalue weighted by Crippen LogP contribution is -2.04. The lowest BCUT2D eigenvalue weighted by Gasteiger charge is -2.15. The van der Waals surface area contributed by atoms with Crippen LogP contribution in [-0.2, 0) is 0 Å². The fourth-order valence-corrected chi connectivity index (χ4v) is 5.25. The van der Waals surface area contributed by atoms with Gasteiger partial charge in [-0.05, 0) is 43.3 Å². The van der Waals surface area contributed by atoms with Crippen molar-refractivity contribution in [2.45, 2.75) is 6.92 Å². The van der Waals surface area contributed by atoms with E-state index in [0.29, 0.717) is 23.0 Å². The Balaban J connectivity index is 1.55. The Labute approximate surface area is 231 Å². The molecule has 0 aliphatic rings. The van der Waals surface area contributed by atoms with Crippen LogP contribution in [0.15, 0.2) is 121 Å². The maximum Gasteiger partial charge on any atom is 0.166 e. The summed E-state index contributed by atoms with van der Waals surface area (Å²) in [4.78, 5) is 14.8. The highest BCUT2D eigenvalue weighted by Crippen LogP contribution is 2.37. The van der Waals surface area contributed by atoms with Gasteiger partial charge in [0.25, 0.3) is 0 Å². The number of para-hydroxylation sites is 1. The van der Waals surface area contributed by atoms with E-state index in [0.717, 1.165) is 44.2 Å². The summed E-state index contributed by atoms with van der Waals surface area (Å²) in [6, 6.07) is 42.8. The Hall–Kier alpha value is -5.60. The van der Waals surface area contributed by atoms with Crippen LogP contribution in [0.3, 0.4) is 0 Å². The SMILES string of the molecule is Cc1ccc2c(c1)c1ccccc1n2-c1cc(C#N)ccc1-c1nc(-c2ccccc2)nc(-c2ccccc2)n1. The fourth-order valence-electron chi connectivity index (χ4n) is 5.25. The molecule has 5 heteroatoms. The molecule has 0 saturated heterocycles. The molecule has 7 rings (SSSR count). The normalized spacial score (nSPS) is 11.1. The maximum absolute atomic E-state index is 9.87. The minimum Gasteiger partial charge on any atom is -0.308 e. The Morgan fingerprint density at radius 2 is 1.18 bits per heavy atom. The van der Waals surface area contributed by atoms with Crippen molar-refractivity contribution < 1.29 is 0 Å². The molecule has 0 bridgehead atoms. The monoisotopic (exact) mass is 513 g/mol. The zero-order valence-electron chi connectivity index (χ0n) is 21.8. The first-order valence-corrected chi connectivity index (χ1v) is 13.1. The number of hydrogen-bond acceptors (Lipinski definition) is 4. The number of nitrogens with zero attached hydrogens (tertiary/aromatic N) is 5. The van der Waals surface area contributed by atoms with Crippen LogP contribution < -0.4 is 0 Å². The smallest absolute Gasteiger partial charge is 0.166 e. The van der Waals surface area contributed by atoms with Crippen molar-refractivity contribution in [3.63, 3.8) is 0 Å². The van der Waals surface area contributed by atoms with E-state index >= 15 is 0 Å². The summed E-state index contributed by atoms with van der Waals surface area (Å²) in [5, 5.41) is 12.2. The first-order chi connectivity index (χ1) is 19.7. The summed E-state index contributed by atoms with van der Waals surface area (Å²) < 4.78 is 2.22. The predicted octanol–water partition coefficient (Wildman–Crippen LogP) is 8.15. The molecule has 2 heterocycles. The van der Waals surface area contributed by atoms with E-state index < -0.39 is 0 Å². The van der Waals surface area contributed by atoms with Gasteiger partial charge in [0.2, 0.25) is 0 Å². The van der Waals surface area contributed by atoms with Crippen LogP contribution in [0.25, 0.3) is 61.7 Å². The summed E-state index contributed by atoms with van der Waals surface area (Å²) in [5.41, 5.74) is 7.36. The number of aromatic nitrogens is 4. The maximum atomic E-state index is 9.87. The Morgan fingerprint density at radius 1 is 0.575 bits per heavy atom. The van der Waals surface area contributed by atoms with Crippen molar-refractivity contribution in [3.05, 3.63) is 132 Å². The molecule has 0 aliphatic carbocycles. The lowest BCUT2D eigenvalue weighted by atomic mass is 10.1. The van der Waals surface area contributed by atoms with Crippen LogP contribution in [0.5, 0.6) is 0 Å². The van der Waals surface area contributed by atoms with Gasteiger partial charge in [0.15, 0.2) is 17.5 Å². The van der Waals surface area contributed by atoms with Crippen LogP contribution >= 0.6 is 0 Å². The summed E-state index contributed by atoms with van der Waals surface area (Å²) in [6.45, 7) is 2.11. The van der Waals surface area contributed by atoms with Gasteiger partial charge in [-0.2, -0.15) is 5.26 Å². The molecule has 0 atom stereocenters. The van der Waals surface area contributed by atoms with E-state index in [9.17, 15) is 5.26 Å². The molecule has 5 aromatic carbocycles. The second-order valence-corrected chi connectivity index (χ2v) is 9.76. The molecule has 5 nitrogen and oxygen atoms in total. The van der Waals surface area contributed by atoms with Crippen molar-refractivity contribution >= 4 is 21.8 Å². The largest absolute Gasteiger partial charge is 0.308 e. The molecule has 7 aromatic rings. The van der Waals surface area contributed by atoms with E-state index in [1.165, 1.54) is 5.56 Å². The first-order valence-electron chi connectivity index (χ1n) is 13.1. The molecule has 0 amide bonds. The number of benzene rings is 5. The second kappa shape index (κ2) is 9.61. The zero-order chi connectivity index (χ0) is 27.1. The van der Waals surface area contributed by atoms with Gasteiger partial charge in [0.1, 0.15) is 0 Å². The minimum atomic E-state index is 0.547. The number of rotatable bonds is 4. The molecule has 0 aliphatic heterocycles. The number of fused-ring (bicyclic) bond motifs is 3. The van der Waals surface area contributed by atoms with Crippen molar-refractivity contribution in [2.24, 2.45) is 0 Å². The van der Waals surface area contributed by atoms with E-state index in [1.54, 1.807) is 0 Å². The second-order valence-electron chi connectivity index (χ2n) is 9.76. The van der Waals surface area contributed by atoms with Crippen LogP contribution in [0, 0.1) is 18.3 Å². The highest BCUT2D eigenvalue weighted by molar-refractivity contribution is 6.10. The molecule has 0 fully saturated rings.